The second kappa shape index (κ2) is 12.6. The van der Waals surface area contributed by atoms with Crippen molar-refractivity contribution in [1.82, 2.24) is 10.6 Å². The maximum Gasteiger partial charge on any atom is 0.0477 e. The second-order valence-electron chi connectivity index (χ2n) is 6.21. The minimum atomic E-state index is 0.453. The van der Waals surface area contributed by atoms with Crippen molar-refractivity contribution >= 4 is 0 Å². The maximum atomic E-state index is 5.33. The summed E-state index contributed by atoms with van der Waals surface area (Å²) in [4.78, 5) is 0. The Morgan fingerprint density at radius 3 is 1.88 bits per heavy atom. The number of benzene rings is 2. The van der Waals surface area contributed by atoms with E-state index in [-0.39, 0.29) is 0 Å². The Morgan fingerprint density at radius 1 is 0.760 bits per heavy atom. The fraction of sp³-hybridized carbons (Fsp3) is 0.455. The molecule has 0 spiro atoms. The molecule has 0 bridgehead atoms. The maximum absolute atomic E-state index is 5.33. The van der Waals surface area contributed by atoms with E-state index in [4.69, 9.17) is 4.74 Å². The first-order chi connectivity index (χ1) is 12.4. The molecule has 0 unspecified atom stereocenters. The average Bonchev–Trinajstić information content (AvgIpc) is 2.67. The van der Waals surface area contributed by atoms with E-state index in [9.17, 15) is 0 Å². The molecule has 0 saturated heterocycles. The van der Waals surface area contributed by atoms with Crippen LogP contribution in [-0.4, -0.2) is 39.4 Å². The van der Waals surface area contributed by atoms with Gasteiger partial charge in [-0.15, -0.1) is 0 Å². The molecule has 2 aromatic rings. The monoisotopic (exact) mass is 340 g/mol. The summed E-state index contributed by atoms with van der Waals surface area (Å²) in [6.07, 6.45) is 2.19. The first-order valence-electron chi connectivity index (χ1n) is 9.51. The molecule has 2 aromatic carbocycles. The molecule has 0 saturated carbocycles. The Bertz CT molecular complexity index is 505. The zero-order chi connectivity index (χ0) is 17.6. The highest BCUT2D eigenvalue weighted by Crippen LogP contribution is 2.27. The molecular weight excluding hydrogens is 308 g/mol. The SMILES string of the molecule is CCOCCCNCCNCCC(c1ccccc1)c1ccccc1. The van der Waals surface area contributed by atoms with E-state index in [1.807, 2.05) is 6.92 Å². The summed E-state index contributed by atoms with van der Waals surface area (Å²) in [5.74, 6) is 0.453. The van der Waals surface area contributed by atoms with E-state index in [0.29, 0.717) is 5.92 Å². The number of hydrogen-bond donors (Lipinski definition) is 2. The van der Waals surface area contributed by atoms with Gasteiger partial charge in [0.25, 0.3) is 0 Å². The lowest BCUT2D eigenvalue weighted by Crippen LogP contribution is -2.29. The average molecular weight is 341 g/mol. The van der Waals surface area contributed by atoms with E-state index in [0.717, 1.165) is 52.2 Å². The van der Waals surface area contributed by atoms with Gasteiger partial charge >= 0.3 is 0 Å². The van der Waals surface area contributed by atoms with Crippen molar-refractivity contribution in [3.05, 3.63) is 71.8 Å². The van der Waals surface area contributed by atoms with Gasteiger partial charge in [-0.25, -0.2) is 0 Å². The van der Waals surface area contributed by atoms with Crippen LogP contribution in [-0.2, 0) is 4.74 Å². The zero-order valence-corrected chi connectivity index (χ0v) is 15.4. The Morgan fingerprint density at radius 2 is 1.32 bits per heavy atom. The van der Waals surface area contributed by atoms with Gasteiger partial charge in [0.05, 0.1) is 0 Å². The predicted octanol–water partition coefficient (Wildman–Crippen LogP) is 3.81. The first-order valence-corrected chi connectivity index (χ1v) is 9.51. The fourth-order valence-electron chi connectivity index (χ4n) is 3.01. The van der Waals surface area contributed by atoms with E-state index < -0.39 is 0 Å². The summed E-state index contributed by atoms with van der Waals surface area (Å²) >= 11 is 0. The molecule has 136 valence electrons. The molecule has 0 heterocycles. The van der Waals surface area contributed by atoms with Gasteiger partial charge in [0.1, 0.15) is 0 Å². The van der Waals surface area contributed by atoms with Crippen LogP contribution < -0.4 is 10.6 Å². The van der Waals surface area contributed by atoms with Crippen LogP contribution in [0.3, 0.4) is 0 Å². The van der Waals surface area contributed by atoms with Crippen LogP contribution in [0, 0.1) is 0 Å². The number of ether oxygens (including phenoxy) is 1. The summed E-state index contributed by atoms with van der Waals surface area (Å²) < 4.78 is 5.33. The van der Waals surface area contributed by atoms with Crippen molar-refractivity contribution < 1.29 is 4.74 Å². The lowest BCUT2D eigenvalue weighted by atomic mass is 9.88. The number of nitrogens with one attached hydrogen (secondary N) is 2. The summed E-state index contributed by atoms with van der Waals surface area (Å²) in [5, 5.41) is 7.02. The lowest BCUT2D eigenvalue weighted by Gasteiger charge is -2.18. The van der Waals surface area contributed by atoms with Gasteiger partial charge in [0, 0.05) is 32.2 Å². The molecular formula is C22H32N2O. The Labute approximate surface area is 152 Å². The zero-order valence-electron chi connectivity index (χ0n) is 15.4. The van der Waals surface area contributed by atoms with Crippen molar-refractivity contribution in [2.24, 2.45) is 0 Å². The van der Waals surface area contributed by atoms with Crippen LogP contribution in [0.4, 0.5) is 0 Å². The van der Waals surface area contributed by atoms with Gasteiger partial charge < -0.3 is 15.4 Å². The highest BCUT2D eigenvalue weighted by Gasteiger charge is 2.12. The third kappa shape index (κ3) is 7.82. The molecule has 0 amide bonds. The molecule has 2 N–H and O–H groups in total. The minimum absolute atomic E-state index is 0.453. The highest BCUT2D eigenvalue weighted by atomic mass is 16.5. The van der Waals surface area contributed by atoms with Crippen LogP contribution in [0.15, 0.2) is 60.7 Å². The smallest absolute Gasteiger partial charge is 0.0477 e. The fourth-order valence-corrected chi connectivity index (χ4v) is 3.01. The molecule has 25 heavy (non-hydrogen) atoms. The normalized spacial score (nSPS) is 11.1. The Hall–Kier alpha value is -1.68. The van der Waals surface area contributed by atoms with Gasteiger partial charge in [0.15, 0.2) is 0 Å². The quantitative estimate of drug-likeness (QED) is 0.544. The summed E-state index contributed by atoms with van der Waals surface area (Å²) in [5.41, 5.74) is 2.79. The van der Waals surface area contributed by atoms with Gasteiger partial charge in [0.2, 0.25) is 0 Å². The van der Waals surface area contributed by atoms with Crippen molar-refractivity contribution in [2.75, 3.05) is 39.4 Å². The highest BCUT2D eigenvalue weighted by molar-refractivity contribution is 5.32. The molecule has 3 nitrogen and oxygen atoms in total. The molecule has 0 aliphatic carbocycles. The Balaban J connectivity index is 1.69. The largest absolute Gasteiger partial charge is 0.382 e. The third-order valence-corrected chi connectivity index (χ3v) is 4.34. The lowest BCUT2D eigenvalue weighted by molar-refractivity contribution is 0.145. The summed E-state index contributed by atoms with van der Waals surface area (Å²) in [7, 11) is 0. The first kappa shape index (κ1) is 19.6. The van der Waals surface area contributed by atoms with Gasteiger partial charge in [-0.05, 0) is 44.0 Å². The topological polar surface area (TPSA) is 33.3 Å². The molecule has 2 rings (SSSR count). The van der Waals surface area contributed by atoms with Gasteiger partial charge in [-0.1, -0.05) is 60.7 Å². The van der Waals surface area contributed by atoms with E-state index in [1.165, 1.54) is 11.1 Å². The summed E-state index contributed by atoms with van der Waals surface area (Å²) in [6.45, 7) is 7.76. The van der Waals surface area contributed by atoms with Gasteiger partial charge in [-0.2, -0.15) is 0 Å². The van der Waals surface area contributed by atoms with Crippen LogP contribution in [0.25, 0.3) is 0 Å². The second-order valence-corrected chi connectivity index (χ2v) is 6.21. The molecule has 0 atom stereocenters. The van der Waals surface area contributed by atoms with Crippen molar-refractivity contribution in [1.29, 1.82) is 0 Å². The van der Waals surface area contributed by atoms with Crippen molar-refractivity contribution in [3.8, 4) is 0 Å². The Kier molecular flexibility index (Phi) is 9.94. The van der Waals surface area contributed by atoms with E-state index in [2.05, 4.69) is 71.3 Å². The van der Waals surface area contributed by atoms with Crippen molar-refractivity contribution in [2.45, 2.75) is 25.7 Å². The third-order valence-electron chi connectivity index (χ3n) is 4.34. The molecule has 3 heteroatoms. The number of hydrogen-bond acceptors (Lipinski definition) is 3. The molecule has 0 aliphatic heterocycles. The van der Waals surface area contributed by atoms with E-state index in [1.54, 1.807) is 0 Å². The van der Waals surface area contributed by atoms with E-state index >= 15 is 0 Å². The molecule has 0 radical (unpaired) electrons. The minimum Gasteiger partial charge on any atom is -0.382 e. The van der Waals surface area contributed by atoms with Crippen LogP contribution in [0.1, 0.15) is 36.8 Å². The molecule has 0 aliphatic rings. The number of rotatable bonds is 13. The van der Waals surface area contributed by atoms with Crippen LogP contribution in [0.5, 0.6) is 0 Å². The van der Waals surface area contributed by atoms with Crippen LogP contribution in [0.2, 0.25) is 0 Å². The summed E-state index contributed by atoms with van der Waals surface area (Å²) in [6, 6.07) is 21.6. The molecule has 0 aromatic heterocycles. The predicted molar refractivity (Wildman–Crippen MR) is 106 cm³/mol. The molecule has 0 fully saturated rings. The van der Waals surface area contributed by atoms with Crippen LogP contribution >= 0.6 is 0 Å². The standard InChI is InChI=1S/C22H32N2O/c1-2-25-19-9-15-23-17-18-24-16-14-22(20-10-5-3-6-11-20)21-12-7-4-8-13-21/h3-8,10-13,22-24H,2,9,14-19H2,1H3. The van der Waals surface area contributed by atoms with Crippen molar-refractivity contribution in [3.63, 3.8) is 0 Å². The van der Waals surface area contributed by atoms with Gasteiger partial charge in [-0.3, -0.25) is 0 Å².